The first-order valence-electron chi connectivity index (χ1n) is 13.7. The molecule has 6 rings (SSSR count). The Kier molecular flexibility index (Phi) is 6.64. The Morgan fingerprint density at radius 3 is 2.50 bits per heavy atom. The molecular formula is C30H29F5N6O. The monoisotopic (exact) mass is 584 g/mol. The molecule has 0 spiro atoms. The molecule has 0 atom stereocenters. The summed E-state index contributed by atoms with van der Waals surface area (Å²) in [5.41, 5.74) is 0.177. The van der Waals surface area contributed by atoms with E-state index < -0.39 is 35.0 Å². The predicted molar refractivity (Wildman–Crippen MR) is 143 cm³/mol. The van der Waals surface area contributed by atoms with Crippen molar-refractivity contribution < 1.29 is 26.7 Å². The van der Waals surface area contributed by atoms with Gasteiger partial charge in [0.1, 0.15) is 12.2 Å². The minimum absolute atomic E-state index is 0.0184. The van der Waals surface area contributed by atoms with Gasteiger partial charge >= 0.3 is 6.18 Å². The molecule has 2 aromatic carbocycles. The quantitative estimate of drug-likeness (QED) is 0.336. The van der Waals surface area contributed by atoms with Gasteiger partial charge in [-0.05, 0) is 60.8 Å². The molecule has 1 amide bonds. The van der Waals surface area contributed by atoms with Crippen molar-refractivity contribution in [3.63, 3.8) is 0 Å². The Hall–Kier alpha value is -3.85. The molecule has 0 radical (unpaired) electrons. The Bertz CT molecular complexity index is 1580. The zero-order valence-corrected chi connectivity index (χ0v) is 23.1. The molecule has 7 nitrogen and oxygen atoms in total. The normalized spacial score (nSPS) is 23.5. The number of benzene rings is 2. The lowest BCUT2D eigenvalue weighted by Gasteiger charge is -2.45. The van der Waals surface area contributed by atoms with E-state index in [1.165, 1.54) is 11.0 Å². The van der Waals surface area contributed by atoms with E-state index in [0.29, 0.717) is 24.9 Å². The molecule has 2 saturated carbocycles. The first-order chi connectivity index (χ1) is 19.8. The molecular weight excluding hydrogens is 555 g/mol. The summed E-state index contributed by atoms with van der Waals surface area (Å²) in [5, 5.41) is 17.6. The molecule has 2 aliphatic carbocycles. The number of nitriles is 1. The van der Waals surface area contributed by atoms with Gasteiger partial charge in [-0.1, -0.05) is 12.1 Å². The average molecular weight is 585 g/mol. The lowest BCUT2D eigenvalue weighted by atomic mass is 9.57. The minimum Gasteiger partial charge on any atom is -0.321 e. The predicted octanol–water partition coefficient (Wildman–Crippen LogP) is 5.64. The van der Waals surface area contributed by atoms with Crippen LogP contribution in [0.5, 0.6) is 0 Å². The highest BCUT2D eigenvalue weighted by molar-refractivity contribution is 6.10. The number of carbonyl (C=O) groups excluding carboxylic acids is 1. The van der Waals surface area contributed by atoms with Crippen LogP contribution in [0.15, 0.2) is 42.7 Å². The third-order valence-electron chi connectivity index (χ3n) is 9.06. The zero-order chi connectivity index (χ0) is 30.0. The van der Waals surface area contributed by atoms with Crippen molar-refractivity contribution in [1.29, 1.82) is 5.26 Å². The number of hydrogen-bond acceptors (Lipinski definition) is 5. The standard InChI is InChI=1S/C30H29F5N6O/c1-39(22-11-29(31,32)12-22)15-18-6-23-24(25(7-18)30(33,34)35)16-41(27(23)42)21-5-3-4-20(8-21)28(9-19(10-28)14-36)13-26-38-37-17-40(26)2/h3-8,17,19,22H,9-13,15-16H2,1-2H3/t19-,28-. The molecule has 42 heavy (non-hydrogen) atoms. The maximum atomic E-state index is 14.2. The molecule has 2 fully saturated rings. The van der Waals surface area contributed by atoms with Gasteiger partial charge in [-0.3, -0.25) is 9.69 Å². The summed E-state index contributed by atoms with van der Waals surface area (Å²) in [5.74, 6) is -2.67. The van der Waals surface area contributed by atoms with Gasteiger partial charge in [-0.25, -0.2) is 8.78 Å². The van der Waals surface area contributed by atoms with Crippen molar-refractivity contribution >= 4 is 11.6 Å². The Balaban J connectivity index is 1.30. The van der Waals surface area contributed by atoms with Crippen LogP contribution in [-0.4, -0.2) is 44.6 Å². The van der Waals surface area contributed by atoms with E-state index in [9.17, 15) is 32.0 Å². The van der Waals surface area contributed by atoms with Gasteiger partial charge < -0.3 is 9.47 Å². The highest BCUT2D eigenvalue weighted by Gasteiger charge is 2.48. The smallest absolute Gasteiger partial charge is 0.321 e. The number of aromatic nitrogens is 3. The summed E-state index contributed by atoms with van der Waals surface area (Å²) in [7, 11) is 3.44. The third kappa shape index (κ3) is 4.93. The first-order valence-corrected chi connectivity index (χ1v) is 13.7. The number of rotatable bonds is 7. The molecule has 220 valence electrons. The average Bonchev–Trinajstić information content (AvgIpc) is 3.45. The Labute approximate surface area is 239 Å². The third-order valence-corrected chi connectivity index (χ3v) is 9.06. The molecule has 0 saturated heterocycles. The topological polar surface area (TPSA) is 78.1 Å². The van der Waals surface area contributed by atoms with Crippen LogP contribution in [-0.2, 0) is 38.1 Å². The van der Waals surface area contributed by atoms with Gasteiger partial charge in [0.15, 0.2) is 0 Å². The number of carbonyl (C=O) groups is 1. The van der Waals surface area contributed by atoms with Gasteiger partial charge in [-0.15, -0.1) is 10.2 Å². The maximum absolute atomic E-state index is 14.2. The number of amides is 1. The number of anilines is 1. The second-order valence-electron chi connectivity index (χ2n) is 12.0. The second kappa shape index (κ2) is 9.87. The van der Waals surface area contributed by atoms with E-state index in [0.717, 1.165) is 17.5 Å². The van der Waals surface area contributed by atoms with Crippen LogP contribution in [0.1, 0.15) is 64.1 Å². The minimum atomic E-state index is -4.70. The summed E-state index contributed by atoms with van der Waals surface area (Å²) >= 11 is 0. The highest BCUT2D eigenvalue weighted by Crippen LogP contribution is 2.50. The number of fused-ring (bicyclic) bond motifs is 1. The first kappa shape index (κ1) is 28.3. The largest absolute Gasteiger partial charge is 0.416 e. The van der Waals surface area contributed by atoms with Crippen LogP contribution < -0.4 is 4.90 Å². The molecule has 12 heteroatoms. The summed E-state index contributed by atoms with van der Waals surface area (Å²) in [4.78, 5) is 16.6. The van der Waals surface area contributed by atoms with Gasteiger partial charge in [0.05, 0.1) is 18.2 Å². The van der Waals surface area contributed by atoms with Crippen LogP contribution in [0.2, 0.25) is 0 Å². The molecule has 0 bridgehead atoms. The van der Waals surface area contributed by atoms with E-state index in [-0.39, 0.29) is 48.5 Å². The number of halogens is 5. The molecule has 3 aliphatic rings. The highest BCUT2D eigenvalue weighted by atomic mass is 19.4. The summed E-state index contributed by atoms with van der Waals surface area (Å²) < 4.78 is 71.3. The van der Waals surface area contributed by atoms with E-state index in [1.54, 1.807) is 30.4 Å². The fourth-order valence-electron chi connectivity index (χ4n) is 6.61. The molecule has 0 unspecified atom stereocenters. The van der Waals surface area contributed by atoms with Gasteiger partial charge in [0.25, 0.3) is 11.8 Å². The van der Waals surface area contributed by atoms with Crippen LogP contribution in [0.25, 0.3) is 0 Å². The fraction of sp³-hybridized carbons (Fsp3) is 0.467. The van der Waals surface area contributed by atoms with E-state index >= 15 is 0 Å². The van der Waals surface area contributed by atoms with Crippen molar-refractivity contribution in [3.8, 4) is 6.07 Å². The van der Waals surface area contributed by atoms with Crippen LogP contribution in [0.4, 0.5) is 27.6 Å². The van der Waals surface area contributed by atoms with E-state index in [2.05, 4.69) is 16.3 Å². The van der Waals surface area contributed by atoms with Crippen molar-refractivity contribution in [1.82, 2.24) is 19.7 Å². The van der Waals surface area contributed by atoms with E-state index in [1.807, 2.05) is 23.7 Å². The molecule has 1 aromatic heterocycles. The van der Waals surface area contributed by atoms with Gasteiger partial charge in [0.2, 0.25) is 0 Å². The fourth-order valence-corrected chi connectivity index (χ4v) is 6.61. The van der Waals surface area contributed by atoms with Gasteiger partial charge in [-0.2, -0.15) is 18.4 Å². The van der Waals surface area contributed by atoms with E-state index in [4.69, 9.17) is 0 Å². The number of hydrogen-bond donors (Lipinski definition) is 0. The summed E-state index contributed by atoms with van der Waals surface area (Å²) in [6, 6.07) is 11.6. The number of alkyl halides is 5. The molecule has 1 aliphatic heterocycles. The van der Waals surface area contributed by atoms with Gasteiger partial charge in [0, 0.05) is 61.5 Å². The second-order valence-corrected chi connectivity index (χ2v) is 12.0. The lowest BCUT2D eigenvalue weighted by Crippen LogP contribution is -2.48. The number of aryl methyl sites for hydroxylation is 1. The zero-order valence-electron chi connectivity index (χ0n) is 23.1. The Morgan fingerprint density at radius 2 is 1.88 bits per heavy atom. The molecule has 0 N–H and O–H groups in total. The SMILES string of the molecule is CN(Cc1cc2c(c(C(F)(F)F)c1)CN(c1cccc([C@]3(Cc4nncn4C)C[C@@H](C#N)C3)c1)C2=O)C1CC(F)(F)C1. The van der Waals surface area contributed by atoms with Crippen LogP contribution in [0.3, 0.4) is 0 Å². The van der Waals surface area contributed by atoms with Crippen LogP contribution in [0, 0.1) is 17.2 Å². The molecule has 3 aromatic rings. The van der Waals surface area contributed by atoms with Crippen molar-refractivity contribution in [2.24, 2.45) is 13.0 Å². The Morgan fingerprint density at radius 1 is 1.14 bits per heavy atom. The van der Waals surface area contributed by atoms with Crippen molar-refractivity contribution in [3.05, 3.63) is 76.4 Å². The van der Waals surface area contributed by atoms with Crippen molar-refractivity contribution in [2.45, 2.75) is 68.7 Å². The number of nitrogens with zero attached hydrogens (tertiary/aromatic N) is 6. The molecule has 2 heterocycles. The summed E-state index contributed by atoms with van der Waals surface area (Å²) in [6.07, 6.45) is -2.05. The maximum Gasteiger partial charge on any atom is 0.416 e. The summed E-state index contributed by atoms with van der Waals surface area (Å²) in [6.45, 7) is -0.223. The lowest BCUT2D eigenvalue weighted by molar-refractivity contribution is -0.138. The van der Waals surface area contributed by atoms with Crippen molar-refractivity contribution in [2.75, 3.05) is 11.9 Å². The van der Waals surface area contributed by atoms with Crippen LogP contribution >= 0.6 is 0 Å².